The Morgan fingerprint density at radius 1 is 1.25 bits per heavy atom. The number of carbonyl (C=O) groups is 1. The first-order valence-corrected chi connectivity index (χ1v) is 6.81. The van der Waals surface area contributed by atoms with E-state index in [1.54, 1.807) is 25.3 Å². The largest absolute Gasteiger partial charge is 0.489 e. The highest BCUT2D eigenvalue weighted by Gasteiger charge is 2.24. The first-order chi connectivity index (χ1) is 9.63. The highest BCUT2D eigenvalue weighted by molar-refractivity contribution is 5.93. The lowest BCUT2D eigenvalue weighted by molar-refractivity contribution is 0.0203. The molecule has 0 aromatic heterocycles. The maximum Gasteiger partial charge on any atom is 0.341 e. The Morgan fingerprint density at radius 3 is 2.70 bits per heavy atom. The minimum atomic E-state index is -0.439. The third kappa shape index (κ3) is 3.42. The van der Waals surface area contributed by atoms with Crippen LogP contribution >= 0.6 is 0 Å². The molecule has 110 valence electrons. The van der Waals surface area contributed by atoms with Gasteiger partial charge >= 0.3 is 5.97 Å². The number of carbonyl (C=O) groups excluding carboxylic acids is 1. The fourth-order valence-electron chi connectivity index (χ4n) is 2.52. The molecule has 0 bridgehead atoms. The molecule has 1 fully saturated rings. The molecule has 2 atom stereocenters. The second kappa shape index (κ2) is 6.61. The van der Waals surface area contributed by atoms with Crippen molar-refractivity contribution in [3.8, 4) is 5.75 Å². The molecule has 1 aromatic rings. The number of hydrogen-bond acceptors (Lipinski definition) is 5. The van der Waals surface area contributed by atoms with E-state index in [0.29, 0.717) is 17.0 Å². The number of ether oxygens (including phenoxy) is 3. The van der Waals surface area contributed by atoms with Crippen LogP contribution in [0.4, 0.5) is 5.69 Å². The van der Waals surface area contributed by atoms with Crippen LogP contribution in [0.5, 0.6) is 5.75 Å². The van der Waals surface area contributed by atoms with Gasteiger partial charge in [-0.05, 0) is 37.5 Å². The maximum absolute atomic E-state index is 11.8. The van der Waals surface area contributed by atoms with Gasteiger partial charge in [0.15, 0.2) is 0 Å². The summed E-state index contributed by atoms with van der Waals surface area (Å²) in [5, 5.41) is 0. The fraction of sp³-hybridized carbons (Fsp3) is 0.533. The third-order valence-corrected chi connectivity index (χ3v) is 3.61. The molecule has 5 nitrogen and oxygen atoms in total. The second-order valence-corrected chi connectivity index (χ2v) is 5.01. The Morgan fingerprint density at radius 2 is 2.00 bits per heavy atom. The average molecular weight is 279 g/mol. The Bertz CT molecular complexity index is 475. The molecule has 0 heterocycles. The number of esters is 1. The highest BCUT2D eigenvalue weighted by atomic mass is 16.5. The zero-order chi connectivity index (χ0) is 14.5. The number of benzene rings is 1. The molecular formula is C15H21NO4. The van der Waals surface area contributed by atoms with E-state index in [0.717, 1.165) is 25.7 Å². The molecule has 0 radical (unpaired) electrons. The Hall–Kier alpha value is -1.75. The fourth-order valence-corrected chi connectivity index (χ4v) is 2.52. The van der Waals surface area contributed by atoms with Crippen LogP contribution in [-0.4, -0.2) is 32.4 Å². The molecule has 2 N–H and O–H groups in total. The van der Waals surface area contributed by atoms with E-state index in [1.807, 2.05) is 0 Å². The number of nitrogen functional groups attached to an aromatic ring is 1. The van der Waals surface area contributed by atoms with E-state index in [-0.39, 0.29) is 12.2 Å². The van der Waals surface area contributed by atoms with Crippen molar-refractivity contribution in [3.05, 3.63) is 23.8 Å². The zero-order valence-electron chi connectivity index (χ0n) is 11.9. The van der Waals surface area contributed by atoms with Crippen molar-refractivity contribution >= 4 is 11.7 Å². The van der Waals surface area contributed by atoms with Gasteiger partial charge in [-0.1, -0.05) is 0 Å². The van der Waals surface area contributed by atoms with Crippen LogP contribution < -0.4 is 10.5 Å². The molecule has 0 spiro atoms. The van der Waals surface area contributed by atoms with Gasteiger partial charge in [0.2, 0.25) is 0 Å². The topological polar surface area (TPSA) is 70.8 Å². The number of anilines is 1. The van der Waals surface area contributed by atoms with E-state index in [2.05, 4.69) is 0 Å². The number of rotatable bonds is 4. The molecular weight excluding hydrogens is 258 g/mol. The van der Waals surface area contributed by atoms with Crippen molar-refractivity contribution in [2.24, 2.45) is 0 Å². The predicted octanol–water partition coefficient (Wildman–Crippen LogP) is 2.39. The summed E-state index contributed by atoms with van der Waals surface area (Å²) in [5.41, 5.74) is 6.59. The molecule has 2 unspecified atom stereocenters. The van der Waals surface area contributed by atoms with Crippen LogP contribution in [0.25, 0.3) is 0 Å². The lowest BCUT2D eigenvalue weighted by atomic mass is 9.95. The van der Waals surface area contributed by atoms with Gasteiger partial charge in [0.05, 0.1) is 13.2 Å². The lowest BCUT2D eigenvalue weighted by Crippen LogP contribution is -2.30. The van der Waals surface area contributed by atoms with Crippen LogP contribution in [-0.2, 0) is 9.47 Å². The van der Waals surface area contributed by atoms with Gasteiger partial charge in [-0.15, -0.1) is 0 Å². The molecule has 1 aromatic carbocycles. The summed E-state index contributed by atoms with van der Waals surface area (Å²) in [4.78, 5) is 11.8. The summed E-state index contributed by atoms with van der Waals surface area (Å²) in [6.07, 6.45) is 4.20. The number of methoxy groups -OCH3 is 2. The van der Waals surface area contributed by atoms with Gasteiger partial charge in [-0.25, -0.2) is 4.79 Å². The van der Waals surface area contributed by atoms with Crippen LogP contribution in [0.15, 0.2) is 18.2 Å². The normalized spacial score (nSPS) is 22.3. The van der Waals surface area contributed by atoms with Gasteiger partial charge in [0.1, 0.15) is 17.4 Å². The van der Waals surface area contributed by atoms with Crippen molar-refractivity contribution in [2.75, 3.05) is 20.0 Å². The first kappa shape index (κ1) is 14.7. The molecule has 5 heteroatoms. The minimum Gasteiger partial charge on any atom is -0.489 e. The van der Waals surface area contributed by atoms with Crippen molar-refractivity contribution in [1.82, 2.24) is 0 Å². The Balaban J connectivity index is 2.14. The number of nitrogens with two attached hydrogens (primary N) is 1. The zero-order valence-corrected chi connectivity index (χ0v) is 11.9. The van der Waals surface area contributed by atoms with E-state index >= 15 is 0 Å². The van der Waals surface area contributed by atoms with Crippen molar-refractivity contribution < 1.29 is 19.0 Å². The number of hydrogen-bond donors (Lipinski definition) is 1. The molecule has 0 amide bonds. The second-order valence-electron chi connectivity index (χ2n) is 5.01. The van der Waals surface area contributed by atoms with Gasteiger partial charge in [-0.2, -0.15) is 0 Å². The van der Waals surface area contributed by atoms with Crippen molar-refractivity contribution in [2.45, 2.75) is 37.9 Å². The van der Waals surface area contributed by atoms with E-state index in [1.165, 1.54) is 7.11 Å². The summed E-state index contributed by atoms with van der Waals surface area (Å²) in [5.74, 6) is 0.0826. The summed E-state index contributed by atoms with van der Waals surface area (Å²) < 4.78 is 16.1. The minimum absolute atomic E-state index is 0.0562. The van der Waals surface area contributed by atoms with E-state index < -0.39 is 5.97 Å². The molecule has 20 heavy (non-hydrogen) atoms. The summed E-state index contributed by atoms with van der Waals surface area (Å²) in [6.45, 7) is 0. The Kier molecular flexibility index (Phi) is 4.84. The predicted molar refractivity (Wildman–Crippen MR) is 75.9 cm³/mol. The third-order valence-electron chi connectivity index (χ3n) is 3.61. The molecule has 0 aliphatic heterocycles. The van der Waals surface area contributed by atoms with Crippen LogP contribution in [0.3, 0.4) is 0 Å². The SMILES string of the molecule is COC(=O)c1cc(N)ccc1OC1CCCC(OC)C1. The highest BCUT2D eigenvalue weighted by Crippen LogP contribution is 2.28. The van der Waals surface area contributed by atoms with E-state index in [9.17, 15) is 4.79 Å². The van der Waals surface area contributed by atoms with Gasteiger partial charge in [-0.3, -0.25) is 0 Å². The average Bonchev–Trinajstić information content (AvgIpc) is 2.48. The summed E-state index contributed by atoms with van der Waals surface area (Å²) in [7, 11) is 3.06. The van der Waals surface area contributed by atoms with Crippen molar-refractivity contribution in [3.63, 3.8) is 0 Å². The van der Waals surface area contributed by atoms with Crippen molar-refractivity contribution in [1.29, 1.82) is 0 Å². The first-order valence-electron chi connectivity index (χ1n) is 6.81. The molecule has 2 rings (SSSR count). The summed E-state index contributed by atoms with van der Waals surface area (Å²) in [6, 6.07) is 5.02. The molecule has 1 aliphatic rings. The quantitative estimate of drug-likeness (QED) is 0.677. The van der Waals surface area contributed by atoms with Crippen LogP contribution in [0.2, 0.25) is 0 Å². The lowest BCUT2D eigenvalue weighted by Gasteiger charge is -2.29. The van der Waals surface area contributed by atoms with Crippen LogP contribution in [0, 0.1) is 0 Å². The van der Waals surface area contributed by atoms with E-state index in [4.69, 9.17) is 19.9 Å². The maximum atomic E-state index is 11.8. The Labute approximate surface area is 119 Å². The van der Waals surface area contributed by atoms with Crippen LogP contribution in [0.1, 0.15) is 36.0 Å². The van der Waals surface area contributed by atoms with Gasteiger partial charge < -0.3 is 19.9 Å². The molecule has 0 saturated heterocycles. The molecule has 1 saturated carbocycles. The smallest absolute Gasteiger partial charge is 0.341 e. The summed E-state index contributed by atoms with van der Waals surface area (Å²) >= 11 is 0. The van der Waals surface area contributed by atoms with Gasteiger partial charge in [0.25, 0.3) is 0 Å². The van der Waals surface area contributed by atoms with Gasteiger partial charge in [0, 0.05) is 19.2 Å². The standard InChI is InChI=1S/C15H21NO4/c1-18-11-4-3-5-12(9-11)20-14-7-6-10(16)8-13(14)15(17)19-2/h6-8,11-12H,3-5,9,16H2,1-2H3. The monoisotopic (exact) mass is 279 g/mol. The molecule has 1 aliphatic carbocycles.